The third-order valence-electron chi connectivity index (χ3n) is 3.03. The van der Waals surface area contributed by atoms with E-state index in [9.17, 15) is 20.4 Å². The van der Waals surface area contributed by atoms with Crippen LogP contribution in [0.2, 0.25) is 0 Å². The first-order valence-electron chi connectivity index (χ1n) is 5.83. The Bertz CT molecular complexity index is 592. The van der Waals surface area contributed by atoms with Gasteiger partial charge in [0.15, 0.2) is 0 Å². The zero-order chi connectivity index (χ0) is 14.2. The van der Waals surface area contributed by atoms with Crippen LogP contribution in [-0.2, 0) is 6.42 Å². The molecule has 2 rings (SSSR count). The van der Waals surface area contributed by atoms with Crippen LogP contribution in [0.15, 0.2) is 24.3 Å². The van der Waals surface area contributed by atoms with Crippen molar-refractivity contribution in [1.29, 1.82) is 0 Å². The summed E-state index contributed by atoms with van der Waals surface area (Å²) in [5.41, 5.74) is 1.22. The predicted octanol–water partition coefficient (Wildman–Crippen LogP) is -11.8. The number of aryl methyl sites for hydroxylation is 2. The van der Waals surface area contributed by atoms with Gasteiger partial charge in [0.25, 0.3) is 0 Å². The summed E-state index contributed by atoms with van der Waals surface area (Å²) < 4.78 is 0. The fraction of sp³-hybridized carbons (Fsp3) is 0.200. The molecule has 0 radical (unpaired) electrons. The molecule has 0 saturated heterocycles. The first-order valence-corrected chi connectivity index (χ1v) is 5.83. The molecule has 0 aromatic heterocycles. The molecule has 0 aliphatic heterocycles. The SMILES string of the molecule is Cc1cc([O-])cc(Cc2cc([O-])cc(C)c2[O-])c1[O-].[Na+].[Na+].[Na+].[Na+]. The van der Waals surface area contributed by atoms with Gasteiger partial charge in [-0.05, 0) is 20.3 Å². The zero-order valence-electron chi connectivity index (χ0n) is 14.6. The molecule has 0 aliphatic rings. The van der Waals surface area contributed by atoms with Crippen molar-refractivity contribution in [3.8, 4) is 23.0 Å². The zero-order valence-corrected chi connectivity index (χ0v) is 22.6. The molecule has 0 bridgehead atoms. The van der Waals surface area contributed by atoms with Crippen LogP contribution >= 0.6 is 0 Å². The van der Waals surface area contributed by atoms with Crippen molar-refractivity contribution < 1.29 is 139 Å². The summed E-state index contributed by atoms with van der Waals surface area (Å²) in [4.78, 5) is 0. The Morgan fingerprint density at radius 2 is 0.913 bits per heavy atom. The Balaban J connectivity index is -0.000001000. The summed E-state index contributed by atoms with van der Waals surface area (Å²) in [6, 6.07) is 4.97. The van der Waals surface area contributed by atoms with Crippen molar-refractivity contribution >= 4 is 0 Å². The molecule has 0 aliphatic carbocycles. The Hall–Kier alpha value is 1.64. The average Bonchev–Trinajstić information content (AvgIpc) is 2.31. The van der Waals surface area contributed by atoms with Gasteiger partial charge in [0.05, 0.1) is 0 Å². The molecule has 0 fully saturated rings. The molecule has 4 nitrogen and oxygen atoms in total. The van der Waals surface area contributed by atoms with E-state index in [1.807, 2.05) is 0 Å². The standard InChI is InChI=1S/C15H16O4.4Na/c1-8-3-12(16)6-10(14(8)18)5-11-7-13(17)4-9(2)15(11)19;;;;/h3-4,6-7,16-19H,5H2,1-2H3;;;;/q;4*+1/p-4. The van der Waals surface area contributed by atoms with Crippen molar-refractivity contribution in [2.75, 3.05) is 0 Å². The van der Waals surface area contributed by atoms with Gasteiger partial charge < -0.3 is 20.4 Å². The van der Waals surface area contributed by atoms with Gasteiger partial charge in [-0.2, -0.15) is 0 Å². The number of rotatable bonds is 2. The van der Waals surface area contributed by atoms with E-state index >= 15 is 0 Å². The van der Waals surface area contributed by atoms with Gasteiger partial charge in [-0.3, -0.25) is 0 Å². The maximum atomic E-state index is 11.9. The number of benzene rings is 2. The number of hydrogen-bond acceptors (Lipinski definition) is 4. The molecule has 100 valence electrons. The largest absolute Gasteiger partial charge is 1.00 e. The van der Waals surface area contributed by atoms with E-state index in [1.165, 1.54) is 24.3 Å². The van der Waals surface area contributed by atoms with Crippen LogP contribution in [0.4, 0.5) is 0 Å². The van der Waals surface area contributed by atoms with Gasteiger partial charge in [0.2, 0.25) is 0 Å². The van der Waals surface area contributed by atoms with Crippen molar-refractivity contribution in [3.05, 3.63) is 46.5 Å². The molecule has 0 N–H and O–H groups in total. The fourth-order valence-electron chi connectivity index (χ4n) is 2.09. The van der Waals surface area contributed by atoms with Crippen LogP contribution in [0.3, 0.4) is 0 Å². The maximum absolute atomic E-state index is 11.9. The normalized spacial score (nSPS) is 8.78. The Labute approximate surface area is 224 Å². The van der Waals surface area contributed by atoms with Gasteiger partial charge in [-0.15, -0.1) is 23.0 Å². The van der Waals surface area contributed by atoms with Crippen LogP contribution in [0.1, 0.15) is 22.3 Å². The van der Waals surface area contributed by atoms with Gasteiger partial charge in [0.1, 0.15) is 0 Å². The topological polar surface area (TPSA) is 92.2 Å². The van der Waals surface area contributed by atoms with E-state index < -0.39 is 0 Å². The molecule has 0 atom stereocenters. The molecule has 2 aromatic rings. The molecule has 0 spiro atoms. The molecular formula is C15H12Na4O4. The molecule has 0 unspecified atom stereocenters. The van der Waals surface area contributed by atoms with E-state index in [2.05, 4.69) is 0 Å². The smallest absolute Gasteiger partial charge is 0.872 e. The van der Waals surface area contributed by atoms with Crippen LogP contribution in [0.25, 0.3) is 0 Å². The van der Waals surface area contributed by atoms with Crippen molar-refractivity contribution in [2.45, 2.75) is 20.3 Å². The third kappa shape index (κ3) is 7.81. The quantitative estimate of drug-likeness (QED) is 0.504. The van der Waals surface area contributed by atoms with E-state index in [4.69, 9.17) is 0 Å². The van der Waals surface area contributed by atoms with E-state index in [0.717, 1.165) is 0 Å². The van der Waals surface area contributed by atoms with Crippen molar-refractivity contribution in [2.24, 2.45) is 0 Å². The summed E-state index contributed by atoms with van der Waals surface area (Å²) >= 11 is 0. The molecule has 0 amide bonds. The van der Waals surface area contributed by atoms with Gasteiger partial charge >= 0.3 is 118 Å². The molecule has 2 aromatic carbocycles. The van der Waals surface area contributed by atoms with Gasteiger partial charge in [-0.25, -0.2) is 0 Å². The van der Waals surface area contributed by atoms with Crippen LogP contribution in [-0.4, -0.2) is 0 Å². The Morgan fingerprint density at radius 3 is 1.22 bits per heavy atom. The molecule has 23 heavy (non-hydrogen) atoms. The molecule has 8 heteroatoms. The van der Waals surface area contributed by atoms with Crippen molar-refractivity contribution in [1.82, 2.24) is 0 Å². The Kier molecular flexibility index (Phi) is 16.5. The minimum atomic E-state index is -0.269. The van der Waals surface area contributed by atoms with Gasteiger partial charge in [0, 0.05) is 0 Å². The van der Waals surface area contributed by atoms with E-state index in [1.54, 1.807) is 13.8 Å². The summed E-state index contributed by atoms with van der Waals surface area (Å²) in [5, 5.41) is 46.6. The second kappa shape index (κ2) is 12.9. The second-order valence-electron chi connectivity index (χ2n) is 4.63. The summed E-state index contributed by atoms with van der Waals surface area (Å²) in [6.07, 6.45) is 0.0194. The van der Waals surface area contributed by atoms with Crippen LogP contribution in [0, 0.1) is 13.8 Å². The van der Waals surface area contributed by atoms with Crippen LogP contribution in [0.5, 0.6) is 23.0 Å². The third-order valence-corrected chi connectivity index (χ3v) is 3.03. The predicted molar refractivity (Wildman–Crippen MR) is 62.9 cm³/mol. The molecular weight excluding hydrogens is 336 g/mol. The van der Waals surface area contributed by atoms with E-state index in [-0.39, 0.29) is 159 Å². The molecule has 0 heterocycles. The minimum Gasteiger partial charge on any atom is -0.872 e. The first-order chi connectivity index (χ1) is 8.88. The monoisotopic (exact) mass is 348 g/mol. The Morgan fingerprint density at radius 1 is 0.609 bits per heavy atom. The fourth-order valence-corrected chi connectivity index (χ4v) is 2.09. The summed E-state index contributed by atoms with van der Waals surface area (Å²) in [7, 11) is 0. The average molecular weight is 348 g/mol. The summed E-state index contributed by atoms with van der Waals surface area (Å²) in [5.74, 6) is -1.05. The minimum absolute atomic E-state index is 0. The summed E-state index contributed by atoms with van der Waals surface area (Å²) in [6.45, 7) is 3.11. The van der Waals surface area contributed by atoms with Crippen molar-refractivity contribution in [3.63, 3.8) is 0 Å². The second-order valence-corrected chi connectivity index (χ2v) is 4.63. The maximum Gasteiger partial charge on any atom is 1.00 e. The van der Waals surface area contributed by atoms with Crippen LogP contribution < -0.4 is 139 Å². The number of hydrogen-bond donors (Lipinski definition) is 0. The first kappa shape index (κ1) is 29.4. The van der Waals surface area contributed by atoms with Gasteiger partial charge in [-0.1, -0.05) is 46.5 Å². The van der Waals surface area contributed by atoms with E-state index in [0.29, 0.717) is 11.1 Å². The molecule has 0 saturated carbocycles.